The predicted octanol–water partition coefficient (Wildman–Crippen LogP) is 5.49. The zero-order chi connectivity index (χ0) is 11.5. The van der Waals surface area contributed by atoms with Crippen LogP contribution >= 0.6 is 39.3 Å². The van der Waals surface area contributed by atoms with Crippen molar-refractivity contribution < 1.29 is 0 Å². The van der Waals surface area contributed by atoms with Gasteiger partial charge in [0.25, 0.3) is 0 Å². The molecule has 0 saturated heterocycles. The lowest BCUT2D eigenvalue weighted by Crippen LogP contribution is -1.83. The van der Waals surface area contributed by atoms with Gasteiger partial charge in [-0.3, -0.25) is 0 Å². The molecule has 0 fully saturated rings. The van der Waals surface area contributed by atoms with Crippen LogP contribution in [0.3, 0.4) is 0 Å². The Labute approximate surface area is 113 Å². The van der Waals surface area contributed by atoms with Crippen molar-refractivity contribution in [2.75, 3.05) is 6.26 Å². The first-order valence-corrected chi connectivity index (χ1v) is 7.20. The first-order valence-electron chi connectivity index (χ1n) is 4.81. The van der Waals surface area contributed by atoms with Gasteiger partial charge in [-0.2, -0.15) is 0 Å². The molecule has 0 amide bonds. The third-order valence-electron chi connectivity index (χ3n) is 2.33. The summed E-state index contributed by atoms with van der Waals surface area (Å²) >= 11 is 11.2. The maximum absolute atomic E-state index is 5.89. The standard InChI is InChI=1S/C13H10BrClS/c1-16-13-11(3-2-4-12(13)14)9-5-7-10(15)8-6-9/h2-8H,1H3. The molecule has 0 nitrogen and oxygen atoms in total. The lowest BCUT2D eigenvalue weighted by Gasteiger charge is -2.09. The lowest BCUT2D eigenvalue weighted by atomic mass is 10.1. The quantitative estimate of drug-likeness (QED) is 0.660. The lowest BCUT2D eigenvalue weighted by molar-refractivity contribution is 1.40. The Hall–Kier alpha value is -0.440. The van der Waals surface area contributed by atoms with Gasteiger partial charge >= 0.3 is 0 Å². The molecule has 2 rings (SSSR count). The summed E-state index contributed by atoms with van der Waals surface area (Å²) in [7, 11) is 0. The maximum Gasteiger partial charge on any atom is 0.0406 e. The third-order valence-corrected chi connectivity index (χ3v) is 4.35. The Morgan fingerprint density at radius 3 is 2.38 bits per heavy atom. The van der Waals surface area contributed by atoms with Crippen LogP contribution in [0.25, 0.3) is 11.1 Å². The van der Waals surface area contributed by atoms with Crippen molar-refractivity contribution in [3.05, 3.63) is 52.0 Å². The van der Waals surface area contributed by atoms with Crippen LogP contribution in [0.2, 0.25) is 5.02 Å². The van der Waals surface area contributed by atoms with Crippen LogP contribution < -0.4 is 0 Å². The second-order valence-electron chi connectivity index (χ2n) is 3.33. The smallest absolute Gasteiger partial charge is 0.0406 e. The zero-order valence-corrected chi connectivity index (χ0v) is 11.9. The van der Waals surface area contributed by atoms with Crippen LogP contribution in [0, 0.1) is 0 Å². The van der Waals surface area contributed by atoms with Gasteiger partial charge in [-0.1, -0.05) is 35.9 Å². The average molecular weight is 314 g/mol. The van der Waals surface area contributed by atoms with Gasteiger partial charge < -0.3 is 0 Å². The van der Waals surface area contributed by atoms with Gasteiger partial charge in [-0.15, -0.1) is 11.8 Å². The van der Waals surface area contributed by atoms with Crippen molar-refractivity contribution >= 4 is 39.3 Å². The number of thioether (sulfide) groups is 1. The number of benzene rings is 2. The zero-order valence-electron chi connectivity index (χ0n) is 8.71. The number of halogens is 2. The fraction of sp³-hybridized carbons (Fsp3) is 0.0769. The van der Waals surface area contributed by atoms with Gasteiger partial charge in [0.15, 0.2) is 0 Å². The van der Waals surface area contributed by atoms with Crippen molar-refractivity contribution in [2.24, 2.45) is 0 Å². The van der Waals surface area contributed by atoms with E-state index in [-0.39, 0.29) is 0 Å². The van der Waals surface area contributed by atoms with Crippen LogP contribution in [-0.2, 0) is 0 Å². The summed E-state index contributed by atoms with van der Waals surface area (Å²) < 4.78 is 1.13. The normalized spacial score (nSPS) is 10.4. The first-order chi connectivity index (χ1) is 7.72. The Bertz CT molecular complexity index is 494. The topological polar surface area (TPSA) is 0 Å². The monoisotopic (exact) mass is 312 g/mol. The highest BCUT2D eigenvalue weighted by Gasteiger charge is 2.07. The summed E-state index contributed by atoms with van der Waals surface area (Å²) in [6, 6.07) is 14.2. The molecule has 0 spiro atoms. The van der Waals surface area contributed by atoms with E-state index in [0.29, 0.717) is 0 Å². The highest BCUT2D eigenvalue weighted by molar-refractivity contribution is 9.10. The highest BCUT2D eigenvalue weighted by atomic mass is 79.9. The molecule has 2 aromatic carbocycles. The average Bonchev–Trinajstić information content (AvgIpc) is 2.30. The molecule has 0 radical (unpaired) electrons. The van der Waals surface area contributed by atoms with Crippen LogP contribution in [0.5, 0.6) is 0 Å². The van der Waals surface area contributed by atoms with E-state index in [1.807, 2.05) is 30.3 Å². The van der Waals surface area contributed by atoms with Crippen LogP contribution in [0.1, 0.15) is 0 Å². The SMILES string of the molecule is CSc1c(Br)cccc1-c1ccc(Cl)cc1. The largest absolute Gasteiger partial charge is 0.128 e. The minimum atomic E-state index is 0.768. The molecule has 0 aliphatic heterocycles. The van der Waals surface area contributed by atoms with Gasteiger partial charge in [0.05, 0.1) is 0 Å². The van der Waals surface area contributed by atoms with Crippen molar-refractivity contribution in [1.82, 2.24) is 0 Å². The summed E-state index contributed by atoms with van der Waals surface area (Å²) in [5.74, 6) is 0. The predicted molar refractivity (Wildman–Crippen MR) is 76.4 cm³/mol. The van der Waals surface area contributed by atoms with Gasteiger partial charge in [0.2, 0.25) is 0 Å². The molecule has 0 aromatic heterocycles. The minimum absolute atomic E-state index is 0.768. The molecular formula is C13H10BrClS. The van der Waals surface area contributed by atoms with Gasteiger partial charge in [0, 0.05) is 14.4 Å². The van der Waals surface area contributed by atoms with E-state index < -0.39 is 0 Å². The van der Waals surface area contributed by atoms with E-state index in [1.54, 1.807) is 11.8 Å². The van der Waals surface area contributed by atoms with Crippen LogP contribution in [-0.4, -0.2) is 6.26 Å². The summed E-state index contributed by atoms with van der Waals surface area (Å²) in [6.07, 6.45) is 2.08. The van der Waals surface area contributed by atoms with E-state index in [2.05, 4.69) is 34.3 Å². The second-order valence-corrected chi connectivity index (χ2v) is 5.43. The molecular weight excluding hydrogens is 304 g/mol. The fourth-order valence-electron chi connectivity index (χ4n) is 1.57. The molecule has 0 aliphatic carbocycles. The van der Waals surface area contributed by atoms with Crippen LogP contribution in [0.15, 0.2) is 51.8 Å². The molecule has 0 aliphatic rings. The summed E-state index contributed by atoms with van der Waals surface area (Å²) in [5.41, 5.74) is 2.42. The van der Waals surface area contributed by atoms with Crippen molar-refractivity contribution in [3.63, 3.8) is 0 Å². The van der Waals surface area contributed by atoms with Crippen LogP contribution in [0.4, 0.5) is 0 Å². The molecule has 0 bridgehead atoms. The number of hydrogen-bond donors (Lipinski definition) is 0. The summed E-state index contributed by atoms with van der Waals surface area (Å²) in [6.45, 7) is 0. The molecule has 0 unspecified atom stereocenters. The molecule has 0 atom stereocenters. The molecule has 3 heteroatoms. The maximum atomic E-state index is 5.89. The Kier molecular flexibility index (Phi) is 3.95. The Balaban J connectivity index is 2.55. The van der Waals surface area contributed by atoms with E-state index in [1.165, 1.54) is 16.0 Å². The Morgan fingerprint density at radius 2 is 1.75 bits per heavy atom. The molecule has 0 saturated carbocycles. The van der Waals surface area contributed by atoms with Crippen molar-refractivity contribution in [2.45, 2.75) is 4.90 Å². The van der Waals surface area contributed by atoms with E-state index in [4.69, 9.17) is 11.6 Å². The highest BCUT2D eigenvalue weighted by Crippen LogP contribution is 2.36. The third kappa shape index (κ3) is 2.45. The van der Waals surface area contributed by atoms with Crippen molar-refractivity contribution in [1.29, 1.82) is 0 Å². The van der Waals surface area contributed by atoms with E-state index >= 15 is 0 Å². The van der Waals surface area contributed by atoms with Crippen molar-refractivity contribution in [3.8, 4) is 11.1 Å². The second kappa shape index (κ2) is 5.26. The summed E-state index contributed by atoms with van der Waals surface area (Å²) in [5, 5.41) is 0.768. The van der Waals surface area contributed by atoms with E-state index in [0.717, 1.165) is 9.50 Å². The molecule has 16 heavy (non-hydrogen) atoms. The molecule has 2 aromatic rings. The summed E-state index contributed by atoms with van der Waals surface area (Å²) in [4.78, 5) is 1.25. The number of hydrogen-bond acceptors (Lipinski definition) is 1. The first kappa shape index (κ1) is 12.0. The minimum Gasteiger partial charge on any atom is -0.128 e. The van der Waals surface area contributed by atoms with Gasteiger partial charge in [0.1, 0.15) is 0 Å². The fourth-order valence-corrected chi connectivity index (χ4v) is 3.22. The Morgan fingerprint density at radius 1 is 1.06 bits per heavy atom. The van der Waals surface area contributed by atoms with Gasteiger partial charge in [-0.25, -0.2) is 0 Å². The molecule has 0 heterocycles. The number of rotatable bonds is 2. The van der Waals surface area contributed by atoms with Gasteiger partial charge in [-0.05, 0) is 51.5 Å². The van der Waals surface area contributed by atoms with E-state index in [9.17, 15) is 0 Å². The molecule has 82 valence electrons. The molecule has 0 N–H and O–H groups in total.